The molecule has 6 heteroatoms. The van der Waals surface area contributed by atoms with Crippen LogP contribution in [0.1, 0.15) is 48.7 Å². The molecule has 6 nitrogen and oxygen atoms in total. The van der Waals surface area contributed by atoms with Gasteiger partial charge in [0.2, 0.25) is 0 Å². The van der Waals surface area contributed by atoms with Gasteiger partial charge in [0, 0.05) is 24.7 Å². The highest BCUT2D eigenvalue weighted by Gasteiger charge is 2.27. The Hall–Kier alpha value is -2.73. The second-order valence-corrected chi connectivity index (χ2v) is 8.74. The molecule has 1 fully saturated rings. The largest absolute Gasteiger partial charge is 0.339 e. The molecule has 0 atom stereocenters. The van der Waals surface area contributed by atoms with Gasteiger partial charge in [-0.15, -0.1) is 0 Å². The maximum Gasteiger partial charge on any atom is 0.254 e. The quantitative estimate of drug-likeness (QED) is 0.654. The summed E-state index contributed by atoms with van der Waals surface area (Å²) >= 11 is 0. The first-order valence-corrected chi connectivity index (χ1v) is 10.8. The number of pyridine rings is 1. The van der Waals surface area contributed by atoms with E-state index in [0.717, 1.165) is 53.8 Å². The summed E-state index contributed by atoms with van der Waals surface area (Å²) in [5.74, 6) is 0.0510. The molecule has 2 aromatic heterocycles. The third kappa shape index (κ3) is 3.72. The molecule has 30 heavy (non-hydrogen) atoms. The highest BCUT2D eigenvalue weighted by atomic mass is 16.2. The van der Waals surface area contributed by atoms with E-state index in [0.29, 0.717) is 5.56 Å². The summed E-state index contributed by atoms with van der Waals surface area (Å²) in [4.78, 5) is 22.8. The first-order chi connectivity index (χ1) is 14.4. The molecule has 158 valence electrons. The van der Waals surface area contributed by atoms with E-state index >= 15 is 0 Å². The van der Waals surface area contributed by atoms with Crippen molar-refractivity contribution in [2.75, 3.05) is 27.2 Å². The van der Waals surface area contributed by atoms with E-state index in [-0.39, 0.29) is 18.0 Å². The van der Waals surface area contributed by atoms with Gasteiger partial charge in [0.25, 0.3) is 5.91 Å². The first kappa shape index (κ1) is 20.5. The van der Waals surface area contributed by atoms with Crippen LogP contribution in [0.25, 0.3) is 22.3 Å². The summed E-state index contributed by atoms with van der Waals surface area (Å²) in [6.45, 7) is 8.29. The Labute approximate surface area is 178 Å². The van der Waals surface area contributed by atoms with Crippen LogP contribution in [-0.2, 0) is 0 Å². The van der Waals surface area contributed by atoms with Crippen molar-refractivity contribution in [1.29, 1.82) is 0 Å². The molecule has 1 aliphatic heterocycles. The number of amides is 1. The van der Waals surface area contributed by atoms with Crippen LogP contribution in [0, 0.1) is 6.92 Å². The van der Waals surface area contributed by atoms with Crippen molar-refractivity contribution >= 4 is 16.9 Å². The number of hydrogen-bond acceptors (Lipinski definition) is 4. The van der Waals surface area contributed by atoms with E-state index in [2.05, 4.69) is 50.0 Å². The van der Waals surface area contributed by atoms with Crippen LogP contribution in [0.3, 0.4) is 0 Å². The normalized spacial score (nSPS) is 15.8. The second kappa shape index (κ2) is 8.19. The molecule has 0 radical (unpaired) electrons. The number of hydrogen-bond donors (Lipinski definition) is 0. The predicted octanol–water partition coefficient (Wildman–Crippen LogP) is 4.15. The van der Waals surface area contributed by atoms with Crippen LogP contribution in [0.4, 0.5) is 0 Å². The number of nitrogens with zero attached hydrogens (tertiary/aromatic N) is 5. The van der Waals surface area contributed by atoms with Gasteiger partial charge in [-0.25, -0.2) is 9.67 Å². The number of piperidine rings is 1. The third-order valence-electron chi connectivity index (χ3n) is 6.26. The molecule has 3 aromatic rings. The van der Waals surface area contributed by atoms with Gasteiger partial charge in [-0.05, 0) is 65.4 Å². The smallest absolute Gasteiger partial charge is 0.254 e. The van der Waals surface area contributed by atoms with Crippen molar-refractivity contribution in [2.45, 2.75) is 45.7 Å². The average molecular weight is 406 g/mol. The Kier molecular flexibility index (Phi) is 5.60. The van der Waals surface area contributed by atoms with Crippen molar-refractivity contribution in [3.63, 3.8) is 0 Å². The minimum atomic E-state index is 0.0510. The summed E-state index contributed by atoms with van der Waals surface area (Å²) in [6, 6.07) is 10.6. The van der Waals surface area contributed by atoms with E-state index in [1.807, 2.05) is 34.8 Å². The maximum absolute atomic E-state index is 13.6. The van der Waals surface area contributed by atoms with E-state index in [1.165, 1.54) is 0 Å². The van der Waals surface area contributed by atoms with Crippen LogP contribution in [0.5, 0.6) is 0 Å². The van der Waals surface area contributed by atoms with Gasteiger partial charge in [-0.2, -0.15) is 5.10 Å². The number of aromatic nitrogens is 3. The van der Waals surface area contributed by atoms with E-state index < -0.39 is 0 Å². The molecule has 0 aliphatic carbocycles. The Bertz CT molecular complexity index is 1060. The lowest BCUT2D eigenvalue weighted by molar-refractivity contribution is 0.0661. The van der Waals surface area contributed by atoms with Gasteiger partial charge in [0.05, 0.1) is 22.8 Å². The zero-order valence-electron chi connectivity index (χ0n) is 18.6. The zero-order chi connectivity index (χ0) is 21.4. The van der Waals surface area contributed by atoms with Gasteiger partial charge in [0.15, 0.2) is 5.65 Å². The minimum absolute atomic E-state index is 0.0510. The summed E-state index contributed by atoms with van der Waals surface area (Å²) in [7, 11) is 4.07. The molecule has 1 amide bonds. The molecule has 0 N–H and O–H groups in total. The molecular formula is C24H31N5O. The Morgan fingerprint density at radius 3 is 2.57 bits per heavy atom. The minimum Gasteiger partial charge on any atom is -0.339 e. The Balaban J connectivity index is 1.82. The summed E-state index contributed by atoms with van der Waals surface area (Å²) in [6.07, 6.45) is 3.80. The van der Waals surface area contributed by atoms with Crippen LogP contribution >= 0.6 is 0 Å². The Morgan fingerprint density at radius 1 is 1.20 bits per heavy atom. The standard InChI is InChI=1S/C24H31N5O/c1-16(2)29-23-21(15-25-29)20(14-22(26-23)19-9-7-6-8-17(19)3)24(30)28(5)18-10-12-27(4)13-11-18/h6-9,14-16,18H,10-13H2,1-5H3. The maximum atomic E-state index is 13.6. The molecule has 1 aliphatic rings. The number of benzene rings is 1. The van der Waals surface area contributed by atoms with E-state index in [1.54, 1.807) is 6.20 Å². The van der Waals surface area contributed by atoms with Crippen LogP contribution < -0.4 is 0 Å². The second-order valence-electron chi connectivity index (χ2n) is 8.74. The van der Waals surface area contributed by atoms with Gasteiger partial charge in [-0.1, -0.05) is 24.3 Å². The fourth-order valence-corrected chi connectivity index (χ4v) is 4.31. The van der Waals surface area contributed by atoms with E-state index in [4.69, 9.17) is 4.98 Å². The molecule has 1 aromatic carbocycles. The van der Waals surface area contributed by atoms with Crippen molar-refractivity contribution in [3.8, 4) is 11.3 Å². The molecule has 3 heterocycles. The zero-order valence-corrected chi connectivity index (χ0v) is 18.6. The van der Waals surface area contributed by atoms with Crippen LogP contribution in [-0.4, -0.2) is 63.7 Å². The average Bonchev–Trinajstić information content (AvgIpc) is 3.17. The molecule has 0 saturated carbocycles. The SMILES string of the molecule is Cc1ccccc1-c1cc(C(=O)N(C)C2CCN(C)CC2)c2cnn(C(C)C)c2n1. The highest BCUT2D eigenvalue weighted by Crippen LogP contribution is 2.29. The molecule has 4 rings (SSSR count). The lowest BCUT2D eigenvalue weighted by Crippen LogP contribution is -2.44. The van der Waals surface area contributed by atoms with Gasteiger partial charge < -0.3 is 9.80 Å². The Morgan fingerprint density at radius 2 is 1.90 bits per heavy atom. The fourth-order valence-electron chi connectivity index (χ4n) is 4.31. The van der Waals surface area contributed by atoms with Crippen molar-refractivity contribution in [2.24, 2.45) is 0 Å². The summed E-state index contributed by atoms with van der Waals surface area (Å²) in [5.41, 5.74) is 4.47. The number of carbonyl (C=O) groups is 1. The molecule has 1 saturated heterocycles. The van der Waals surface area contributed by atoms with E-state index in [9.17, 15) is 4.79 Å². The van der Waals surface area contributed by atoms with Gasteiger partial charge >= 0.3 is 0 Å². The lowest BCUT2D eigenvalue weighted by Gasteiger charge is -2.35. The monoisotopic (exact) mass is 405 g/mol. The van der Waals surface area contributed by atoms with Crippen molar-refractivity contribution < 1.29 is 4.79 Å². The number of fused-ring (bicyclic) bond motifs is 1. The molecule has 0 bridgehead atoms. The number of rotatable bonds is 4. The fraction of sp³-hybridized carbons (Fsp3) is 0.458. The number of aryl methyl sites for hydroxylation is 1. The third-order valence-corrected chi connectivity index (χ3v) is 6.26. The summed E-state index contributed by atoms with van der Waals surface area (Å²) in [5, 5.41) is 5.38. The van der Waals surface area contributed by atoms with Crippen molar-refractivity contribution in [1.82, 2.24) is 24.6 Å². The van der Waals surface area contributed by atoms with Crippen molar-refractivity contribution in [3.05, 3.63) is 47.7 Å². The predicted molar refractivity (Wildman–Crippen MR) is 121 cm³/mol. The van der Waals surface area contributed by atoms with Crippen LogP contribution in [0.2, 0.25) is 0 Å². The van der Waals surface area contributed by atoms with Gasteiger partial charge in [-0.3, -0.25) is 4.79 Å². The first-order valence-electron chi connectivity index (χ1n) is 10.8. The highest BCUT2D eigenvalue weighted by molar-refractivity contribution is 6.06. The number of carbonyl (C=O) groups excluding carboxylic acids is 1. The number of likely N-dealkylation sites (tertiary alicyclic amines) is 1. The molecular weight excluding hydrogens is 374 g/mol. The topological polar surface area (TPSA) is 54.3 Å². The molecule has 0 spiro atoms. The summed E-state index contributed by atoms with van der Waals surface area (Å²) < 4.78 is 1.91. The van der Waals surface area contributed by atoms with Crippen LogP contribution in [0.15, 0.2) is 36.5 Å². The lowest BCUT2D eigenvalue weighted by atomic mass is 10.00. The molecule has 0 unspecified atom stereocenters. The van der Waals surface area contributed by atoms with Gasteiger partial charge in [0.1, 0.15) is 0 Å².